The fourth-order valence-electron chi connectivity index (χ4n) is 3.21. The number of carboxylic acid groups (broad SMARTS) is 1. The molecular weight excluding hydrogens is 298 g/mol. The van der Waals surface area contributed by atoms with Crippen LogP contribution in [0.4, 0.5) is 0 Å². The van der Waals surface area contributed by atoms with Gasteiger partial charge in [-0.05, 0) is 24.8 Å². The summed E-state index contributed by atoms with van der Waals surface area (Å²) in [7, 11) is 0. The van der Waals surface area contributed by atoms with Crippen LogP contribution in [0.15, 0.2) is 30.3 Å². The Bertz CT molecular complexity index is 561. The molecule has 2 fully saturated rings. The molecule has 2 N–H and O–H groups in total. The molecule has 2 aliphatic heterocycles. The van der Waals surface area contributed by atoms with Gasteiger partial charge >= 0.3 is 5.97 Å². The second-order valence-corrected chi connectivity index (χ2v) is 6.02. The van der Waals surface area contributed by atoms with Crippen molar-refractivity contribution in [3.63, 3.8) is 0 Å². The van der Waals surface area contributed by atoms with E-state index >= 15 is 0 Å². The number of aliphatic carboxylic acids is 1. The van der Waals surface area contributed by atoms with Crippen molar-refractivity contribution in [1.82, 2.24) is 5.32 Å². The van der Waals surface area contributed by atoms with Crippen LogP contribution in [0, 0.1) is 5.92 Å². The fourth-order valence-corrected chi connectivity index (χ4v) is 3.21. The Morgan fingerprint density at radius 3 is 2.57 bits per heavy atom. The first-order valence-corrected chi connectivity index (χ1v) is 7.97. The van der Waals surface area contributed by atoms with Crippen LogP contribution in [0.25, 0.3) is 0 Å². The van der Waals surface area contributed by atoms with Gasteiger partial charge in [-0.25, -0.2) is 4.79 Å². The van der Waals surface area contributed by atoms with Crippen molar-refractivity contribution in [2.75, 3.05) is 13.2 Å². The van der Waals surface area contributed by atoms with Gasteiger partial charge in [0.15, 0.2) is 6.10 Å². The summed E-state index contributed by atoms with van der Waals surface area (Å²) in [5, 5.41) is 11.8. The molecule has 0 saturated carbocycles. The van der Waals surface area contributed by atoms with Gasteiger partial charge in [0, 0.05) is 19.1 Å². The van der Waals surface area contributed by atoms with Crippen LogP contribution in [0.3, 0.4) is 0 Å². The summed E-state index contributed by atoms with van der Waals surface area (Å²) in [5.41, 5.74) is 1.12. The lowest BCUT2D eigenvalue weighted by Crippen LogP contribution is -2.38. The van der Waals surface area contributed by atoms with Crippen LogP contribution >= 0.6 is 0 Å². The van der Waals surface area contributed by atoms with Crippen LogP contribution in [0.2, 0.25) is 0 Å². The predicted molar refractivity (Wildman–Crippen MR) is 81.8 cm³/mol. The normalized spacial score (nSPS) is 30.3. The van der Waals surface area contributed by atoms with Crippen molar-refractivity contribution in [2.24, 2.45) is 5.92 Å². The third-order valence-corrected chi connectivity index (χ3v) is 4.47. The maximum absolute atomic E-state index is 12.1. The minimum atomic E-state index is -1.01. The molecule has 0 unspecified atom stereocenters. The van der Waals surface area contributed by atoms with E-state index in [4.69, 9.17) is 14.6 Å². The van der Waals surface area contributed by atoms with Gasteiger partial charge in [0.25, 0.3) is 0 Å². The highest BCUT2D eigenvalue weighted by Gasteiger charge is 2.36. The molecule has 2 heterocycles. The number of carbonyl (C=O) groups is 2. The molecule has 23 heavy (non-hydrogen) atoms. The summed E-state index contributed by atoms with van der Waals surface area (Å²) in [4.78, 5) is 23.0. The molecule has 1 amide bonds. The van der Waals surface area contributed by atoms with Gasteiger partial charge in [0.1, 0.15) is 6.10 Å². The van der Waals surface area contributed by atoms with Crippen LogP contribution in [-0.2, 0) is 19.1 Å². The minimum absolute atomic E-state index is 0.00670. The Hall–Kier alpha value is -1.92. The molecule has 3 rings (SSSR count). The summed E-state index contributed by atoms with van der Waals surface area (Å²) in [5.74, 6) is -1.01. The number of amides is 1. The predicted octanol–water partition coefficient (Wildman–Crippen LogP) is 1.51. The van der Waals surface area contributed by atoms with E-state index in [1.807, 2.05) is 30.3 Å². The first-order valence-electron chi connectivity index (χ1n) is 7.97. The monoisotopic (exact) mass is 319 g/mol. The van der Waals surface area contributed by atoms with E-state index in [1.165, 1.54) is 0 Å². The van der Waals surface area contributed by atoms with Gasteiger partial charge in [-0.15, -0.1) is 0 Å². The highest BCUT2D eigenvalue weighted by molar-refractivity contribution is 5.82. The molecule has 2 aliphatic rings. The van der Waals surface area contributed by atoms with Crippen molar-refractivity contribution in [1.29, 1.82) is 0 Å². The standard InChI is InChI=1S/C17H21NO5/c19-16(13-6-7-14(23-13)17(20)21)18-10-12-8-9-22-15(12)11-4-2-1-3-5-11/h1-5,12-15H,6-10H2,(H,18,19)(H,20,21)/t12-,13-,14+,15-/m0/s1. The minimum Gasteiger partial charge on any atom is -0.479 e. The lowest BCUT2D eigenvalue weighted by Gasteiger charge is -2.20. The summed E-state index contributed by atoms with van der Waals surface area (Å²) >= 11 is 0. The molecule has 0 aromatic heterocycles. The highest BCUT2D eigenvalue weighted by Crippen LogP contribution is 2.34. The van der Waals surface area contributed by atoms with E-state index in [1.54, 1.807) is 0 Å². The van der Waals surface area contributed by atoms with Gasteiger partial charge in [-0.3, -0.25) is 4.79 Å². The van der Waals surface area contributed by atoms with Crippen LogP contribution in [0.1, 0.15) is 30.9 Å². The maximum Gasteiger partial charge on any atom is 0.332 e. The molecule has 4 atom stereocenters. The molecule has 0 aliphatic carbocycles. The average Bonchev–Trinajstić information content (AvgIpc) is 3.22. The summed E-state index contributed by atoms with van der Waals surface area (Å²) in [6, 6.07) is 9.98. The Morgan fingerprint density at radius 1 is 1.13 bits per heavy atom. The first kappa shape index (κ1) is 16.0. The number of ether oxygens (including phenoxy) is 2. The third kappa shape index (κ3) is 3.71. The Morgan fingerprint density at radius 2 is 1.87 bits per heavy atom. The fraction of sp³-hybridized carbons (Fsp3) is 0.529. The van der Waals surface area contributed by atoms with E-state index in [0.717, 1.165) is 12.0 Å². The van der Waals surface area contributed by atoms with E-state index in [0.29, 0.717) is 26.0 Å². The highest BCUT2D eigenvalue weighted by atomic mass is 16.5. The summed E-state index contributed by atoms with van der Waals surface area (Å²) in [6.45, 7) is 1.19. The van der Waals surface area contributed by atoms with Crippen molar-refractivity contribution in [2.45, 2.75) is 37.6 Å². The molecular formula is C17H21NO5. The van der Waals surface area contributed by atoms with Crippen LogP contribution in [0.5, 0.6) is 0 Å². The summed E-state index contributed by atoms with van der Waals surface area (Å²) in [6.07, 6.45) is 0.195. The largest absolute Gasteiger partial charge is 0.479 e. The van der Waals surface area contributed by atoms with Crippen LogP contribution < -0.4 is 5.32 Å². The topological polar surface area (TPSA) is 84.9 Å². The molecule has 0 bridgehead atoms. The zero-order valence-corrected chi connectivity index (χ0v) is 12.8. The summed E-state index contributed by atoms with van der Waals surface area (Å²) < 4.78 is 11.1. The van der Waals surface area contributed by atoms with Gasteiger partial charge in [-0.1, -0.05) is 30.3 Å². The molecule has 0 radical (unpaired) electrons. The van der Waals surface area contributed by atoms with Gasteiger partial charge in [0.2, 0.25) is 5.91 Å². The average molecular weight is 319 g/mol. The van der Waals surface area contributed by atoms with E-state index in [9.17, 15) is 9.59 Å². The van der Waals surface area contributed by atoms with Gasteiger partial charge in [0.05, 0.1) is 6.10 Å². The maximum atomic E-state index is 12.1. The van der Waals surface area contributed by atoms with Gasteiger partial charge in [-0.2, -0.15) is 0 Å². The molecule has 1 aromatic rings. The Labute approximate surface area is 134 Å². The Balaban J connectivity index is 1.52. The number of carboxylic acids is 1. The van der Waals surface area contributed by atoms with Crippen LogP contribution in [-0.4, -0.2) is 42.3 Å². The van der Waals surface area contributed by atoms with Crippen molar-refractivity contribution in [3.8, 4) is 0 Å². The number of nitrogens with one attached hydrogen (secondary N) is 1. The smallest absolute Gasteiger partial charge is 0.332 e. The number of hydrogen-bond acceptors (Lipinski definition) is 4. The number of hydrogen-bond donors (Lipinski definition) is 2. The number of carbonyl (C=O) groups excluding carboxylic acids is 1. The van der Waals surface area contributed by atoms with E-state index in [-0.39, 0.29) is 17.9 Å². The second-order valence-electron chi connectivity index (χ2n) is 6.02. The number of rotatable bonds is 5. The first-order chi connectivity index (χ1) is 11.1. The molecule has 6 nitrogen and oxygen atoms in total. The van der Waals surface area contributed by atoms with Gasteiger partial charge < -0.3 is 19.9 Å². The lowest BCUT2D eigenvalue weighted by molar-refractivity contribution is -0.151. The second kappa shape index (κ2) is 7.10. The lowest BCUT2D eigenvalue weighted by atomic mass is 9.95. The number of benzene rings is 1. The van der Waals surface area contributed by atoms with Crippen molar-refractivity contribution in [3.05, 3.63) is 35.9 Å². The van der Waals surface area contributed by atoms with Crippen molar-refractivity contribution < 1.29 is 24.2 Å². The molecule has 0 spiro atoms. The van der Waals surface area contributed by atoms with E-state index in [2.05, 4.69) is 5.32 Å². The molecule has 1 aromatic carbocycles. The SMILES string of the molecule is O=C(NC[C@@H]1CCO[C@H]1c1ccccc1)[C@@H]1CC[C@H](C(=O)O)O1. The Kier molecular flexibility index (Phi) is 4.93. The molecule has 124 valence electrons. The van der Waals surface area contributed by atoms with Crippen molar-refractivity contribution >= 4 is 11.9 Å². The molecule has 2 saturated heterocycles. The zero-order valence-electron chi connectivity index (χ0n) is 12.8. The van der Waals surface area contributed by atoms with E-state index < -0.39 is 18.2 Å². The molecule has 6 heteroatoms. The third-order valence-electron chi connectivity index (χ3n) is 4.47. The zero-order chi connectivity index (χ0) is 16.2. The quantitative estimate of drug-likeness (QED) is 0.859.